The topological polar surface area (TPSA) is 110 Å². The smallest absolute Gasteiger partial charge is 0.322 e. The van der Waals surface area contributed by atoms with E-state index in [1.165, 1.54) is 0 Å². The summed E-state index contributed by atoms with van der Waals surface area (Å²) in [6.45, 7) is 4.33. The molecule has 0 saturated heterocycles. The maximum absolute atomic E-state index is 11.2. The van der Waals surface area contributed by atoms with Crippen LogP contribution in [0, 0.1) is 17.0 Å². The van der Waals surface area contributed by atoms with E-state index < -0.39 is 4.92 Å². The Labute approximate surface area is 119 Å². The summed E-state index contributed by atoms with van der Waals surface area (Å²) in [5, 5.41) is 15.0. The first-order valence-corrected chi connectivity index (χ1v) is 6.87. The molecule has 0 saturated carbocycles. The predicted molar refractivity (Wildman–Crippen MR) is 74.9 cm³/mol. The summed E-state index contributed by atoms with van der Waals surface area (Å²) in [7, 11) is 0. The molecule has 2 aromatic rings. The lowest BCUT2D eigenvalue weighted by Gasteiger charge is -2.07. The second-order valence-corrected chi connectivity index (χ2v) is 4.94. The number of aryl methyl sites for hydroxylation is 1. The lowest BCUT2D eigenvalue weighted by atomic mass is 10.4. The van der Waals surface area contributed by atoms with Gasteiger partial charge >= 0.3 is 5.69 Å². The number of anilines is 1. The van der Waals surface area contributed by atoms with Crippen LogP contribution in [0.5, 0.6) is 0 Å². The molecule has 0 radical (unpaired) electrons. The van der Waals surface area contributed by atoms with E-state index in [4.69, 9.17) is 0 Å². The molecule has 0 bridgehead atoms. The summed E-state index contributed by atoms with van der Waals surface area (Å²) in [6, 6.07) is 0. The third kappa shape index (κ3) is 3.23. The van der Waals surface area contributed by atoms with Gasteiger partial charge in [0.15, 0.2) is 10.2 Å². The van der Waals surface area contributed by atoms with Gasteiger partial charge < -0.3 is 10.3 Å². The average Bonchev–Trinajstić information content (AvgIpc) is 2.88. The van der Waals surface area contributed by atoms with Crippen molar-refractivity contribution in [2.45, 2.75) is 30.5 Å². The third-order valence-electron chi connectivity index (χ3n) is 2.41. The summed E-state index contributed by atoms with van der Waals surface area (Å²) >= 11 is 1.11. The molecule has 2 aromatic heterocycles. The molecular weight excluding hydrogens is 280 g/mol. The standard InChI is InChI=1S/C11H14N6O2S/c1-3-4-12-10-15-7(2)8(17(18)19)9(16-10)20-11-13-5-6-14-11/h5-6H,3-4H2,1-2H3,(H,13,14)(H,12,15,16). The van der Waals surface area contributed by atoms with Crippen molar-refractivity contribution in [2.24, 2.45) is 0 Å². The molecule has 9 heteroatoms. The molecule has 8 nitrogen and oxygen atoms in total. The number of hydrogen-bond acceptors (Lipinski definition) is 7. The highest BCUT2D eigenvalue weighted by Gasteiger charge is 2.23. The van der Waals surface area contributed by atoms with Gasteiger partial charge in [-0.1, -0.05) is 6.92 Å². The van der Waals surface area contributed by atoms with Gasteiger partial charge in [0.05, 0.1) is 4.92 Å². The Kier molecular flexibility index (Phi) is 4.51. The fraction of sp³-hybridized carbons (Fsp3) is 0.364. The van der Waals surface area contributed by atoms with Gasteiger partial charge in [0.2, 0.25) is 5.95 Å². The second kappa shape index (κ2) is 6.33. The molecule has 0 aliphatic rings. The first-order valence-electron chi connectivity index (χ1n) is 6.06. The number of nitrogens with one attached hydrogen (secondary N) is 2. The fourth-order valence-corrected chi connectivity index (χ4v) is 2.41. The molecule has 0 atom stereocenters. The lowest BCUT2D eigenvalue weighted by molar-refractivity contribution is -0.389. The van der Waals surface area contributed by atoms with E-state index in [1.54, 1.807) is 19.3 Å². The van der Waals surface area contributed by atoms with Crippen LogP contribution >= 0.6 is 11.8 Å². The lowest BCUT2D eigenvalue weighted by Crippen LogP contribution is -2.08. The molecule has 106 valence electrons. The molecular formula is C11H14N6O2S. The highest BCUT2D eigenvalue weighted by atomic mass is 32.2. The van der Waals surface area contributed by atoms with E-state index in [1.807, 2.05) is 6.92 Å². The number of aromatic amines is 1. The fourth-order valence-electron chi connectivity index (χ4n) is 1.54. The van der Waals surface area contributed by atoms with E-state index in [2.05, 4.69) is 25.3 Å². The van der Waals surface area contributed by atoms with Crippen molar-refractivity contribution in [3.05, 3.63) is 28.2 Å². The van der Waals surface area contributed by atoms with Crippen molar-refractivity contribution in [1.29, 1.82) is 0 Å². The largest absolute Gasteiger partial charge is 0.354 e. The Balaban J connectivity index is 2.38. The third-order valence-corrected chi connectivity index (χ3v) is 3.30. The van der Waals surface area contributed by atoms with Crippen LogP contribution in [0.3, 0.4) is 0 Å². The van der Waals surface area contributed by atoms with Gasteiger partial charge in [0.1, 0.15) is 5.69 Å². The highest BCUT2D eigenvalue weighted by Crippen LogP contribution is 2.33. The summed E-state index contributed by atoms with van der Waals surface area (Å²) in [6.07, 6.45) is 4.15. The van der Waals surface area contributed by atoms with Crippen LogP contribution in [0.25, 0.3) is 0 Å². The number of aromatic nitrogens is 4. The van der Waals surface area contributed by atoms with E-state index >= 15 is 0 Å². The van der Waals surface area contributed by atoms with Gasteiger partial charge in [-0.25, -0.2) is 9.97 Å². The average molecular weight is 294 g/mol. The zero-order valence-electron chi connectivity index (χ0n) is 11.1. The molecule has 2 heterocycles. The van der Waals surface area contributed by atoms with E-state index in [-0.39, 0.29) is 10.7 Å². The molecule has 20 heavy (non-hydrogen) atoms. The first kappa shape index (κ1) is 14.3. The van der Waals surface area contributed by atoms with Crippen molar-refractivity contribution in [3.8, 4) is 0 Å². The quantitative estimate of drug-likeness (QED) is 0.478. The van der Waals surface area contributed by atoms with Crippen LogP contribution < -0.4 is 5.32 Å². The maximum atomic E-state index is 11.2. The SMILES string of the molecule is CCCNc1nc(C)c([N+](=O)[O-])c(Sc2ncc[nH]2)n1. The van der Waals surface area contributed by atoms with E-state index in [0.29, 0.717) is 23.3 Å². The Bertz CT molecular complexity index is 601. The van der Waals surface area contributed by atoms with Crippen LogP contribution in [0.2, 0.25) is 0 Å². The molecule has 0 aromatic carbocycles. The predicted octanol–water partition coefficient (Wildman–Crippen LogP) is 2.39. The normalized spacial score (nSPS) is 10.5. The minimum atomic E-state index is -0.468. The van der Waals surface area contributed by atoms with Gasteiger partial charge in [-0.15, -0.1) is 0 Å². The van der Waals surface area contributed by atoms with Crippen LogP contribution in [0.15, 0.2) is 22.6 Å². The van der Waals surface area contributed by atoms with Crippen LogP contribution in [0.1, 0.15) is 19.0 Å². The van der Waals surface area contributed by atoms with Gasteiger partial charge in [-0.2, -0.15) is 4.98 Å². The van der Waals surface area contributed by atoms with Crippen molar-refractivity contribution < 1.29 is 4.92 Å². The summed E-state index contributed by atoms with van der Waals surface area (Å²) < 4.78 is 0. The number of imidazole rings is 1. The monoisotopic (exact) mass is 294 g/mol. The number of H-pyrrole nitrogens is 1. The minimum Gasteiger partial charge on any atom is -0.354 e. The van der Waals surface area contributed by atoms with Crippen LogP contribution in [0.4, 0.5) is 11.6 Å². The minimum absolute atomic E-state index is 0.0894. The molecule has 0 aliphatic carbocycles. The summed E-state index contributed by atoms with van der Waals surface area (Å²) in [4.78, 5) is 25.9. The summed E-state index contributed by atoms with van der Waals surface area (Å²) in [5.74, 6) is 0.393. The van der Waals surface area contributed by atoms with Crippen molar-refractivity contribution in [2.75, 3.05) is 11.9 Å². The van der Waals surface area contributed by atoms with Crippen molar-refractivity contribution >= 4 is 23.4 Å². The van der Waals surface area contributed by atoms with Gasteiger partial charge in [-0.05, 0) is 25.1 Å². The Morgan fingerprint density at radius 3 is 2.90 bits per heavy atom. The summed E-state index contributed by atoms with van der Waals surface area (Å²) in [5.41, 5.74) is 0.242. The molecule has 0 unspecified atom stereocenters. The number of hydrogen-bond donors (Lipinski definition) is 2. The van der Waals surface area contributed by atoms with Crippen LogP contribution in [-0.4, -0.2) is 31.4 Å². The van der Waals surface area contributed by atoms with Gasteiger partial charge in [0, 0.05) is 18.9 Å². The molecule has 0 fully saturated rings. The number of rotatable bonds is 6. The van der Waals surface area contributed by atoms with Crippen LogP contribution in [-0.2, 0) is 0 Å². The van der Waals surface area contributed by atoms with E-state index in [9.17, 15) is 10.1 Å². The number of nitro groups is 1. The number of nitrogens with zero attached hydrogens (tertiary/aromatic N) is 4. The van der Waals surface area contributed by atoms with Crippen molar-refractivity contribution in [3.63, 3.8) is 0 Å². The maximum Gasteiger partial charge on any atom is 0.322 e. The highest BCUT2D eigenvalue weighted by molar-refractivity contribution is 7.99. The van der Waals surface area contributed by atoms with Crippen molar-refractivity contribution in [1.82, 2.24) is 19.9 Å². The second-order valence-electron chi connectivity index (χ2n) is 3.97. The van der Waals surface area contributed by atoms with Gasteiger partial charge in [-0.3, -0.25) is 10.1 Å². The zero-order chi connectivity index (χ0) is 14.5. The van der Waals surface area contributed by atoms with E-state index in [0.717, 1.165) is 18.2 Å². The van der Waals surface area contributed by atoms with Gasteiger partial charge in [0.25, 0.3) is 0 Å². The Morgan fingerprint density at radius 1 is 1.50 bits per heavy atom. The molecule has 2 N–H and O–H groups in total. The first-order chi connectivity index (χ1) is 9.61. The molecule has 2 rings (SSSR count). The molecule has 0 amide bonds. The molecule has 0 aliphatic heterocycles. The molecule has 0 spiro atoms. The zero-order valence-corrected chi connectivity index (χ0v) is 11.9. The Hall–Kier alpha value is -2.16. The Morgan fingerprint density at radius 2 is 2.30 bits per heavy atom.